The predicted molar refractivity (Wildman–Crippen MR) is 92.8 cm³/mol. The van der Waals surface area contributed by atoms with Crippen LogP contribution in [0.15, 0.2) is 29.1 Å². The van der Waals surface area contributed by atoms with Crippen LogP contribution in [0.1, 0.15) is 12.8 Å². The number of likely N-dealkylation sites (tertiary alicyclic amines) is 1. The van der Waals surface area contributed by atoms with Crippen molar-refractivity contribution in [1.82, 2.24) is 19.4 Å². The van der Waals surface area contributed by atoms with E-state index in [4.69, 9.17) is 0 Å². The van der Waals surface area contributed by atoms with Crippen LogP contribution in [0, 0.1) is 11.8 Å². The zero-order valence-corrected chi connectivity index (χ0v) is 14.1. The number of hydrogen-bond acceptors (Lipinski definition) is 3. The summed E-state index contributed by atoms with van der Waals surface area (Å²) >= 11 is 0. The van der Waals surface area contributed by atoms with E-state index in [0.29, 0.717) is 11.8 Å². The fourth-order valence-electron chi connectivity index (χ4n) is 4.22. The molecule has 1 aromatic carbocycles. The summed E-state index contributed by atoms with van der Waals surface area (Å²) < 4.78 is 3.21. The molecular weight excluding hydrogens is 304 g/mol. The van der Waals surface area contributed by atoms with Gasteiger partial charge in [0.2, 0.25) is 5.91 Å². The van der Waals surface area contributed by atoms with Crippen molar-refractivity contribution in [2.75, 3.05) is 26.2 Å². The minimum atomic E-state index is -0.125. The lowest BCUT2D eigenvalue weighted by atomic mass is 9.92. The maximum Gasteiger partial charge on any atom is 0.329 e. The third-order valence-electron chi connectivity index (χ3n) is 5.72. The maximum atomic E-state index is 12.8. The van der Waals surface area contributed by atoms with E-state index in [1.165, 1.54) is 0 Å². The zero-order chi connectivity index (χ0) is 16.7. The Labute approximate surface area is 141 Å². The van der Waals surface area contributed by atoms with E-state index >= 15 is 0 Å². The summed E-state index contributed by atoms with van der Waals surface area (Å²) in [6.07, 6.45) is 2.13. The average Bonchev–Trinajstić information content (AvgIpc) is 3.06. The first-order chi connectivity index (χ1) is 11.6. The van der Waals surface area contributed by atoms with Crippen LogP contribution >= 0.6 is 0 Å². The number of aryl methyl sites for hydroxylation is 1. The molecule has 2 atom stereocenters. The van der Waals surface area contributed by atoms with Gasteiger partial charge in [0.25, 0.3) is 0 Å². The molecular formula is C18H24N4O2. The molecule has 24 heavy (non-hydrogen) atoms. The van der Waals surface area contributed by atoms with E-state index in [1.54, 1.807) is 16.2 Å². The lowest BCUT2D eigenvalue weighted by Gasteiger charge is -2.21. The molecule has 1 amide bonds. The number of amides is 1. The molecule has 0 saturated carbocycles. The fraction of sp³-hybridized carbons (Fsp3) is 0.556. The van der Waals surface area contributed by atoms with Crippen LogP contribution < -0.4 is 11.0 Å². The van der Waals surface area contributed by atoms with E-state index in [9.17, 15) is 9.59 Å². The van der Waals surface area contributed by atoms with Gasteiger partial charge in [0.1, 0.15) is 6.54 Å². The molecule has 0 unspecified atom stereocenters. The van der Waals surface area contributed by atoms with E-state index in [-0.39, 0.29) is 18.1 Å². The van der Waals surface area contributed by atoms with E-state index < -0.39 is 0 Å². The Balaban J connectivity index is 1.54. The summed E-state index contributed by atoms with van der Waals surface area (Å²) in [6.45, 7) is 3.90. The molecule has 0 aliphatic carbocycles. The molecule has 0 radical (unpaired) electrons. The second-order valence-electron chi connectivity index (χ2n) is 7.05. The topological polar surface area (TPSA) is 59.3 Å². The first-order valence-electron chi connectivity index (χ1n) is 8.78. The second-order valence-corrected chi connectivity index (χ2v) is 7.05. The summed E-state index contributed by atoms with van der Waals surface area (Å²) in [4.78, 5) is 27.2. The first-order valence-corrected chi connectivity index (χ1v) is 8.78. The monoisotopic (exact) mass is 328 g/mol. The van der Waals surface area contributed by atoms with E-state index in [1.807, 2.05) is 29.2 Å². The standard InChI is InChI=1S/C18H24N4O2/c1-20-15-4-2-3-5-16(15)22(18(20)24)12-17(23)21-8-6-13-10-19-11-14(13)7-9-21/h2-5,13-14,19H,6-12H2,1H3/t13-,14+. The van der Waals surface area contributed by atoms with E-state index in [2.05, 4.69) is 5.32 Å². The van der Waals surface area contributed by atoms with Crippen LogP contribution in [0.25, 0.3) is 11.0 Å². The van der Waals surface area contributed by atoms with Crippen molar-refractivity contribution in [1.29, 1.82) is 0 Å². The Kier molecular flexibility index (Phi) is 3.92. The third-order valence-corrected chi connectivity index (χ3v) is 5.72. The van der Waals surface area contributed by atoms with Gasteiger partial charge < -0.3 is 10.2 Å². The van der Waals surface area contributed by atoms with Crippen molar-refractivity contribution in [3.05, 3.63) is 34.7 Å². The fourth-order valence-corrected chi connectivity index (χ4v) is 4.22. The summed E-state index contributed by atoms with van der Waals surface area (Å²) in [5.74, 6) is 1.45. The van der Waals surface area contributed by atoms with Gasteiger partial charge in [0.15, 0.2) is 0 Å². The number of imidazole rings is 1. The summed E-state index contributed by atoms with van der Waals surface area (Å²) in [7, 11) is 1.76. The zero-order valence-electron chi connectivity index (χ0n) is 14.1. The molecule has 2 aromatic rings. The highest BCUT2D eigenvalue weighted by Crippen LogP contribution is 2.27. The number of fused-ring (bicyclic) bond motifs is 2. The van der Waals surface area contributed by atoms with Gasteiger partial charge in [-0.1, -0.05) is 12.1 Å². The van der Waals surface area contributed by atoms with Crippen molar-refractivity contribution in [3.8, 4) is 0 Å². The molecule has 1 N–H and O–H groups in total. The highest BCUT2D eigenvalue weighted by atomic mass is 16.2. The second kappa shape index (κ2) is 6.09. The van der Waals surface area contributed by atoms with Crippen LogP contribution in [-0.4, -0.2) is 46.1 Å². The Hall–Kier alpha value is -2.08. The van der Waals surface area contributed by atoms with Gasteiger partial charge in [0, 0.05) is 20.1 Å². The number of carbonyl (C=O) groups excluding carboxylic acids is 1. The molecule has 1 aromatic heterocycles. The highest BCUT2D eigenvalue weighted by Gasteiger charge is 2.31. The smallest absolute Gasteiger partial charge is 0.329 e. The minimum Gasteiger partial charge on any atom is -0.341 e. The normalized spacial score (nSPS) is 24.1. The molecule has 2 saturated heterocycles. The number of nitrogens with zero attached hydrogens (tertiary/aromatic N) is 3. The molecule has 2 aliphatic rings. The SMILES string of the molecule is Cn1c(=O)n(CC(=O)N2CC[C@@H]3CNC[C@@H]3CC2)c2ccccc21. The van der Waals surface area contributed by atoms with Crippen molar-refractivity contribution < 1.29 is 4.79 Å². The highest BCUT2D eigenvalue weighted by molar-refractivity contribution is 5.81. The lowest BCUT2D eigenvalue weighted by Crippen LogP contribution is -2.37. The van der Waals surface area contributed by atoms with Gasteiger partial charge in [-0.2, -0.15) is 0 Å². The van der Waals surface area contributed by atoms with Crippen LogP contribution in [0.5, 0.6) is 0 Å². The van der Waals surface area contributed by atoms with Gasteiger partial charge in [-0.15, -0.1) is 0 Å². The van der Waals surface area contributed by atoms with Crippen molar-refractivity contribution in [2.45, 2.75) is 19.4 Å². The van der Waals surface area contributed by atoms with E-state index in [0.717, 1.165) is 50.1 Å². The maximum absolute atomic E-state index is 12.8. The van der Waals surface area contributed by atoms with Crippen molar-refractivity contribution >= 4 is 16.9 Å². The van der Waals surface area contributed by atoms with Gasteiger partial charge in [-0.05, 0) is 49.9 Å². The quantitative estimate of drug-likeness (QED) is 0.887. The molecule has 2 fully saturated rings. The number of para-hydroxylation sites is 2. The molecule has 0 spiro atoms. The average molecular weight is 328 g/mol. The number of rotatable bonds is 2. The van der Waals surface area contributed by atoms with Crippen LogP contribution in [0.3, 0.4) is 0 Å². The lowest BCUT2D eigenvalue weighted by molar-refractivity contribution is -0.131. The van der Waals surface area contributed by atoms with Gasteiger partial charge in [0.05, 0.1) is 11.0 Å². The predicted octanol–water partition coefficient (Wildman–Crippen LogP) is 0.798. The third kappa shape index (κ3) is 2.55. The van der Waals surface area contributed by atoms with Crippen LogP contribution in [0.2, 0.25) is 0 Å². The number of aromatic nitrogens is 2. The van der Waals surface area contributed by atoms with Crippen LogP contribution in [-0.2, 0) is 18.4 Å². The summed E-state index contributed by atoms with van der Waals surface area (Å²) in [5.41, 5.74) is 1.57. The number of nitrogens with one attached hydrogen (secondary N) is 1. The van der Waals surface area contributed by atoms with Gasteiger partial charge >= 0.3 is 5.69 Å². The van der Waals surface area contributed by atoms with Gasteiger partial charge in [-0.3, -0.25) is 13.9 Å². The Morgan fingerprint density at radius 3 is 2.42 bits per heavy atom. The molecule has 128 valence electrons. The Morgan fingerprint density at radius 2 is 1.75 bits per heavy atom. The summed E-state index contributed by atoms with van der Waals surface area (Å²) in [6, 6.07) is 7.64. The molecule has 6 nitrogen and oxygen atoms in total. The first kappa shape index (κ1) is 15.4. The molecule has 4 rings (SSSR count). The number of benzene rings is 1. The number of carbonyl (C=O) groups is 1. The number of hydrogen-bond donors (Lipinski definition) is 1. The molecule has 2 aliphatic heterocycles. The minimum absolute atomic E-state index is 0.0568. The summed E-state index contributed by atoms with van der Waals surface area (Å²) in [5, 5.41) is 3.45. The van der Waals surface area contributed by atoms with Gasteiger partial charge in [-0.25, -0.2) is 4.79 Å². The molecule has 0 bridgehead atoms. The molecule has 6 heteroatoms. The molecule has 3 heterocycles. The van der Waals surface area contributed by atoms with Crippen LogP contribution in [0.4, 0.5) is 0 Å². The van der Waals surface area contributed by atoms with Crippen molar-refractivity contribution in [3.63, 3.8) is 0 Å². The Bertz CT molecular complexity index is 808. The largest absolute Gasteiger partial charge is 0.341 e. The van der Waals surface area contributed by atoms with Crippen molar-refractivity contribution in [2.24, 2.45) is 18.9 Å². The Morgan fingerprint density at radius 1 is 1.12 bits per heavy atom.